The molecule has 0 bridgehead atoms. The molecule has 0 radical (unpaired) electrons. The van der Waals surface area contributed by atoms with Crippen LogP contribution in [-0.2, 0) is 4.74 Å². The van der Waals surface area contributed by atoms with E-state index in [2.05, 4.69) is 10.1 Å². The molecule has 8 heteroatoms. The summed E-state index contributed by atoms with van der Waals surface area (Å²) in [5.41, 5.74) is 1.78. The monoisotopic (exact) mass is 471 g/mol. The lowest BCUT2D eigenvalue weighted by Crippen LogP contribution is -2.14. The summed E-state index contributed by atoms with van der Waals surface area (Å²) in [6.07, 6.45) is 0. The molecule has 0 saturated heterocycles. The molecule has 0 atom stereocenters. The van der Waals surface area contributed by atoms with Crippen LogP contribution in [0.1, 0.15) is 38.2 Å². The molecule has 1 amide bonds. The van der Waals surface area contributed by atoms with Gasteiger partial charge in [0, 0.05) is 17.2 Å². The predicted octanol–water partition coefficient (Wildman–Crippen LogP) is 4.71. The number of carbonyl (C=O) groups is 3. The quantitative estimate of drug-likeness (QED) is 0.320. The lowest BCUT2D eigenvalue weighted by Gasteiger charge is -2.12. The Morgan fingerprint density at radius 1 is 0.857 bits per heavy atom. The second-order valence-corrected chi connectivity index (χ2v) is 7.69. The number of anilines is 1. The fourth-order valence-electron chi connectivity index (χ4n) is 3.57. The molecule has 1 heterocycles. The van der Waals surface area contributed by atoms with Crippen molar-refractivity contribution in [3.63, 3.8) is 0 Å². The zero-order valence-electron chi connectivity index (χ0n) is 19.2. The number of hydrogen-bond acceptors (Lipinski definition) is 7. The van der Waals surface area contributed by atoms with Crippen LogP contribution in [0.4, 0.5) is 5.69 Å². The van der Waals surface area contributed by atoms with Gasteiger partial charge in [0.15, 0.2) is 16.8 Å². The first-order valence-electron chi connectivity index (χ1n) is 10.6. The van der Waals surface area contributed by atoms with Crippen molar-refractivity contribution in [2.24, 2.45) is 0 Å². The molecule has 0 aliphatic carbocycles. The van der Waals surface area contributed by atoms with Crippen molar-refractivity contribution in [2.45, 2.75) is 6.92 Å². The number of methoxy groups -OCH3 is 2. The van der Waals surface area contributed by atoms with Gasteiger partial charge in [0.05, 0.1) is 25.3 Å². The van der Waals surface area contributed by atoms with Gasteiger partial charge in [-0.25, -0.2) is 4.79 Å². The lowest BCUT2D eigenvalue weighted by molar-refractivity contribution is 0.0565. The topological polar surface area (TPSA) is 112 Å². The minimum atomic E-state index is -0.824. The molecule has 8 nitrogen and oxygen atoms in total. The van der Waals surface area contributed by atoms with Crippen LogP contribution < -0.4 is 15.5 Å². The maximum Gasteiger partial charge on any atom is 0.374 e. The van der Waals surface area contributed by atoms with Crippen molar-refractivity contribution < 1.29 is 28.3 Å². The number of fused-ring (bicyclic) bond motifs is 1. The van der Waals surface area contributed by atoms with Gasteiger partial charge in [-0.05, 0) is 60.5 Å². The highest BCUT2D eigenvalue weighted by atomic mass is 16.5. The lowest BCUT2D eigenvalue weighted by atomic mass is 9.99. The highest BCUT2D eigenvalue weighted by molar-refractivity contribution is 6.09. The maximum absolute atomic E-state index is 13.0. The number of hydrogen-bond donors (Lipinski definition) is 1. The Hall–Kier alpha value is -4.72. The second-order valence-electron chi connectivity index (χ2n) is 7.69. The molecule has 1 aromatic heterocycles. The van der Waals surface area contributed by atoms with Crippen molar-refractivity contribution in [1.82, 2.24) is 0 Å². The van der Waals surface area contributed by atoms with E-state index in [0.29, 0.717) is 28.0 Å². The Kier molecular flexibility index (Phi) is 6.46. The van der Waals surface area contributed by atoms with Crippen molar-refractivity contribution in [2.75, 3.05) is 19.5 Å². The molecule has 35 heavy (non-hydrogen) atoms. The van der Waals surface area contributed by atoms with Crippen molar-refractivity contribution in [1.29, 1.82) is 0 Å². The molecule has 0 spiro atoms. The van der Waals surface area contributed by atoms with Crippen molar-refractivity contribution in [3.8, 4) is 16.9 Å². The second kappa shape index (κ2) is 9.64. The summed E-state index contributed by atoms with van der Waals surface area (Å²) in [5, 5.41) is 2.91. The third-order valence-corrected chi connectivity index (χ3v) is 5.42. The van der Waals surface area contributed by atoms with Gasteiger partial charge < -0.3 is 19.2 Å². The van der Waals surface area contributed by atoms with Gasteiger partial charge in [0.1, 0.15) is 5.75 Å². The van der Waals surface area contributed by atoms with E-state index >= 15 is 0 Å². The van der Waals surface area contributed by atoms with Gasteiger partial charge in [-0.1, -0.05) is 18.2 Å². The summed E-state index contributed by atoms with van der Waals surface area (Å²) in [7, 11) is 2.69. The molecule has 0 saturated carbocycles. The molecule has 4 aromatic rings. The largest absolute Gasteiger partial charge is 0.497 e. The van der Waals surface area contributed by atoms with Gasteiger partial charge in [-0.15, -0.1) is 0 Å². The summed E-state index contributed by atoms with van der Waals surface area (Å²) in [5.74, 6) is -1.10. The molecule has 3 aromatic carbocycles. The molecular formula is C27H21NO7. The fraction of sp³-hybridized carbons (Fsp3) is 0.111. The van der Waals surface area contributed by atoms with E-state index in [9.17, 15) is 19.2 Å². The Bertz CT molecular complexity index is 1520. The first-order chi connectivity index (χ1) is 16.8. The molecule has 0 aliphatic rings. The molecule has 0 unspecified atom stereocenters. The maximum atomic E-state index is 13.0. The summed E-state index contributed by atoms with van der Waals surface area (Å²) in [6.45, 7) is 1.46. The predicted molar refractivity (Wildman–Crippen MR) is 130 cm³/mol. The number of nitrogens with one attached hydrogen (secondary N) is 1. The zero-order valence-corrected chi connectivity index (χ0v) is 19.2. The van der Waals surface area contributed by atoms with Crippen LogP contribution in [0.2, 0.25) is 0 Å². The molecule has 4 rings (SSSR count). The molecule has 1 N–H and O–H groups in total. The van der Waals surface area contributed by atoms with E-state index in [1.807, 2.05) is 0 Å². The van der Waals surface area contributed by atoms with Gasteiger partial charge in [0.25, 0.3) is 5.91 Å². The van der Waals surface area contributed by atoms with E-state index in [1.54, 1.807) is 60.7 Å². The Labute approximate surface area is 200 Å². The molecule has 0 fully saturated rings. The Balaban J connectivity index is 1.89. The number of Topliss-reactive ketones (excluding diaryl/α,β-unsaturated/α-hetero) is 1. The first-order valence-corrected chi connectivity index (χ1v) is 10.6. The summed E-state index contributed by atoms with van der Waals surface area (Å²) in [4.78, 5) is 49.8. The highest BCUT2D eigenvalue weighted by Crippen LogP contribution is 2.31. The van der Waals surface area contributed by atoms with Crippen molar-refractivity contribution in [3.05, 3.63) is 93.8 Å². The van der Waals surface area contributed by atoms with Crippen LogP contribution in [0, 0.1) is 0 Å². The third-order valence-electron chi connectivity index (χ3n) is 5.42. The number of ketones is 1. The summed E-state index contributed by atoms with van der Waals surface area (Å²) in [6, 6.07) is 17.6. The van der Waals surface area contributed by atoms with E-state index in [0.717, 1.165) is 6.07 Å². The van der Waals surface area contributed by atoms with Crippen LogP contribution in [0.5, 0.6) is 5.75 Å². The number of carbonyl (C=O) groups excluding carboxylic acids is 3. The third kappa shape index (κ3) is 4.81. The summed E-state index contributed by atoms with van der Waals surface area (Å²) < 4.78 is 15.5. The molecular weight excluding hydrogens is 450 g/mol. The smallest absolute Gasteiger partial charge is 0.374 e. The van der Waals surface area contributed by atoms with Crippen LogP contribution in [0.25, 0.3) is 22.1 Å². The zero-order chi connectivity index (χ0) is 25.1. The van der Waals surface area contributed by atoms with E-state index in [1.165, 1.54) is 21.1 Å². The van der Waals surface area contributed by atoms with Gasteiger partial charge in [-0.2, -0.15) is 0 Å². The average molecular weight is 471 g/mol. The fourth-order valence-corrected chi connectivity index (χ4v) is 3.57. The first kappa shape index (κ1) is 23.4. The van der Waals surface area contributed by atoms with Crippen LogP contribution in [-0.4, -0.2) is 31.9 Å². The Morgan fingerprint density at radius 2 is 1.60 bits per heavy atom. The standard InChI is InChI=1S/C27H21NO7/c1-15(29)17-5-4-6-18(11-17)19-12-21-23(30)14-24(27(32)34-3)35-25(21)22(13-19)28-26(31)16-7-9-20(33-2)10-8-16/h4-14H,1-3H3,(H,28,31). The SMILES string of the molecule is COC(=O)c1cc(=O)c2cc(-c3cccc(C(C)=O)c3)cc(NC(=O)c3ccc(OC)cc3)c2o1. The van der Waals surface area contributed by atoms with Gasteiger partial charge in [0.2, 0.25) is 5.76 Å². The average Bonchev–Trinajstić information content (AvgIpc) is 2.88. The van der Waals surface area contributed by atoms with Crippen LogP contribution in [0.15, 0.2) is 75.9 Å². The molecule has 176 valence electrons. The number of benzene rings is 3. The number of esters is 1. The normalized spacial score (nSPS) is 10.6. The minimum Gasteiger partial charge on any atom is -0.497 e. The van der Waals surface area contributed by atoms with E-state index in [-0.39, 0.29) is 28.2 Å². The number of amides is 1. The highest BCUT2D eigenvalue weighted by Gasteiger charge is 2.19. The molecule has 0 aliphatic heterocycles. The minimum absolute atomic E-state index is 0.0197. The Morgan fingerprint density at radius 3 is 2.26 bits per heavy atom. The number of rotatable bonds is 6. The van der Waals surface area contributed by atoms with Gasteiger partial charge >= 0.3 is 5.97 Å². The van der Waals surface area contributed by atoms with E-state index < -0.39 is 17.3 Å². The van der Waals surface area contributed by atoms with Gasteiger partial charge in [-0.3, -0.25) is 14.4 Å². The van der Waals surface area contributed by atoms with Crippen molar-refractivity contribution >= 4 is 34.3 Å². The van der Waals surface area contributed by atoms with Crippen LogP contribution >= 0.6 is 0 Å². The number of ether oxygens (including phenoxy) is 2. The van der Waals surface area contributed by atoms with E-state index in [4.69, 9.17) is 9.15 Å². The van der Waals surface area contributed by atoms with Crippen LogP contribution in [0.3, 0.4) is 0 Å². The summed E-state index contributed by atoms with van der Waals surface area (Å²) >= 11 is 0.